The van der Waals surface area contributed by atoms with Crippen molar-refractivity contribution in [2.24, 2.45) is 0 Å². The maximum atomic E-state index is 13.3. The molecular formula is C28H30N2O5. The molecule has 0 spiro atoms. The number of hydrogen-bond acceptors (Lipinski definition) is 5. The number of nitrogens with one attached hydrogen (secondary N) is 2. The van der Waals surface area contributed by atoms with Gasteiger partial charge in [-0.1, -0.05) is 60.7 Å². The number of ether oxygens (including phenoxy) is 2. The van der Waals surface area contributed by atoms with Crippen LogP contribution in [0, 0.1) is 0 Å². The second-order valence-electron chi connectivity index (χ2n) is 8.04. The number of phenolic OH excluding ortho intramolecular Hbond substituents is 1. The Balaban J connectivity index is 1.96. The van der Waals surface area contributed by atoms with Gasteiger partial charge in [0.1, 0.15) is 5.57 Å². The Morgan fingerprint density at radius 3 is 1.54 bits per heavy atom. The lowest BCUT2D eigenvalue weighted by Gasteiger charge is -2.19. The third-order valence-electron chi connectivity index (χ3n) is 5.60. The van der Waals surface area contributed by atoms with Crippen LogP contribution in [0.4, 0.5) is 0 Å². The lowest BCUT2D eigenvalue weighted by Crippen LogP contribution is -2.36. The van der Waals surface area contributed by atoms with Gasteiger partial charge in [0.15, 0.2) is 11.5 Å². The Kier molecular flexibility index (Phi) is 8.51. The van der Waals surface area contributed by atoms with Crippen LogP contribution >= 0.6 is 0 Å². The van der Waals surface area contributed by atoms with E-state index in [0.717, 1.165) is 11.1 Å². The van der Waals surface area contributed by atoms with Crippen LogP contribution in [-0.4, -0.2) is 31.1 Å². The van der Waals surface area contributed by atoms with Crippen molar-refractivity contribution < 1.29 is 24.2 Å². The normalized spacial score (nSPS) is 12.1. The summed E-state index contributed by atoms with van der Waals surface area (Å²) in [5, 5.41) is 16.0. The van der Waals surface area contributed by atoms with E-state index in [0.29, 0.717) is 5.56 Å². The fourth-order valence-electron chi connectivity index (χ4n) is 3.60. The molecule has 0 aliphatic carbocycles. The van der Waals surface area contributed by atoms with Crippen LogP contribution < -0.4 is 20.1 Å². The molecule has 3 rings (SSSR count). The van der Waals surface area contributed by atoms with E-state index in [1.807, 2.05) is 74.5 Å². The molecule has 182 valence electrons. The second-order valence-corrected chi connectivity index (χ2v) is 8.04. The highest BCUT2D eigenvalue weighted by Crippen LogP contribution is 2.37. The molecule has 0 saturated heterocycles. The molecule has 2 atom stereocenters. The molecule has 0 aromatic heterocycles. The Labute approximate surface area is 205 Å². The van der Waals surface area contributed by atoms with Crippen molar-refractivity contribution in [2.75, 3.05) is 14.2 Å². The van der Waals surface area contributed by atoms with E-state index in [9.17, 15) is 14.7 Å². The topological polar surface area (TPSA) is 96.9 Å². The van der Waals surface area contributed by atoms with E-state index < -0.39 is 11.8 Å². The van der Waals surface area contributed by atoms with Crippen LogP contribution in [0.2, 0.25) is 0 Å². The van der Waals surface area contributed by atoms with E-state index in [-0.39, 0.29) is 34.9 Å². The number of phenols is 1. The molecule has 7 nitrogen and oxygen atoms in total. The number of amides is 2. The highest BCUT2D eigenvalue weighted by molar-refractivity contribution is 6.21. The summed E-state index contributed by atoms with van der Waals surface area (Å²) in [6.07, 6.45) is 1.45. The Hall–Kier alpha value is -4.26. The highest BCUT2D eigenvalue weighted by Gasteiger charge is 2.23. The zero-order valence-corrected chi connectivity index (χ0v) is 20.2. The van der Waals surface area contributed by atoms with E-state index in [1.54, 1.807) is 0 Å². The van der Waals surface area contributed by atoms with Crippen LogP contribution in [0.3, 0.4) is 0 Å². The largest absolute Gasteiger partial charge is 0.502 e. The number of methoxy groups -OCH3 is 2. The molecule has 2 amide bonds. The first-order valence-corrected chi connectivity index (χ1v) is 11.2. The first-order chi connectivity index (χ1) is 16.8. The average molecular weight is 475 g/mol. The zero-order valence-electron chi connectivity index (χ0n) is 20.2. The standard InChI is InChI=1S/C28H30N2O5/c1-18(21-11-7-5-8-12-21)29-27(32)23(28(33)30-19(2)22-13-9-6-10-14-22)15-20-16-24(34-3)26(31)25(17-20)35-4/h5-19,31H,1-4H3,(H,29,32)(H,30,33)/t18-,19-/m0/s1. The van der Waals surface area contributed by atoms with Gasteiger partial charge in [-0.15, -0.1) is 0 Å². The van der Waals surface area contributed by atoms with Gasteiger partial charge in [0.05, 0.1) is 26.3 Å². The van der Waals surface area contributed by atoms with Crippen molar-refractivity contribution in [2.45, 2.75) is 25.9 Å². The molecule has 0 bridgehead atoms. The summed E-state index contributed by atoms with van der Waals surface area (Å²) in [7, 11) is 2.82. The van der Waals surface area contributed by atoms with Crippen molar-refractivity contribution >= 4 is 17.9 Å². The molecule has 0 saturated carbocycles. The van der Waals surface area contributed by atoms with Crippen molar-refractivity contribution in [3.63, 3.8) is 0 Å². The lowest BCUT2D eigenvalue weighted by molar-refractivity contribution is -0.124. The first kappa shape index (κ1) is 25.4. The molecule has 3 N–H and O–H groups in total. The van der Waals surface area contributed by atoms with Gasteiger partial charge >= 0.3 is 0 Å². The SMILES string of the molecule is COc1cc(C=C(C(=O)N[C@@H](C)c2ccccc2)C(=O)N[C@@H](C)c2ccccc2)cc(OC)c1O. The molecule has 0 heterocycles. The van der Waals surface area contributed by atoms with E-state index in [4.69, 9.17) is 9.47 Å². The predicted molar refractivity (Wildman–Crippen MR) is 135 cm³/mol. The number of aromatic hydroxyl groups is 1. The van der Waals surface area contributed by atoms with Gasteiger partial charge in [0.25, 0.3) is 11.8 Å². The number of carbonyl (C=O) groups is 2. The molecule has 0 aliphatic rings. The highest BCUT2D eigenvalue weighted by atomic mass is 16.5. The summed E-state index contributed by atoms with van der Waals surface area (Å²) < 4.78 is 10.4. The van der Waals surface area contributed by atoms with Gasteiger partial charge in [-0.2, -0.15) is 0 Å². The predicted octanol–water partition coefficient (Wildman–Crippen LogP) is 4.55. The van der Waals surface area contributed by atoms with Crippen LogP contribution in [0.5, 0.6) is 17.2 Å². The lowest BCUT2D eigenvalue weighted by atomic mass is 10.0. The minimum atomic E-state index is -0.537. The van der Waals surface area contributed by atoms with Crippen molar-refractivity contribution in [3.05, 3.63) is 95.1 Å². The van der Waals surface area contributed by atoms with Gasteiger partial charge in [-0.05, 0) is 48.7 Å². The maximum Gasteiger partial charge on any atom is 0.257 e. The monoisotopic (exact) mass is 474 g/mol. The van der Waals surface area contributed by atoms with Gasteiger partial charge in [0, 0.05) is 0 Å². The van der Waals surface area contributed by atoms with Gasteiger partial charge in [0.2, 0.25) is 5.75 Å². The van der Waals surface area contributed by atoms with E-state index >= 15 is 0 Å². The third kappa shape index (κ3) is 6.41. The summed E-state index contributed by atoms with van der Waals surface area (Å²) in [5.74, 6) is -0.926. The Morgan fingerprint density at radius 2 is 1.17 bits per heavy atom. The van der Waals surface area contributed by atoms with Crippen molar-refractivity contribution in [1.82, 2.24) is 10.6 Å². The number of carbonyl (C=O) groups excluding carboxylic acids is 2. The minimum Gasteiger partial charge on any atom is -0.502 e. The van der Waals surface area contributed by atoms with Crippen molar-refractivity contribution in [3.8, 4) is 17.2 Å². The Bertz CT molecular complexity index is 1110. The van der Waals surface area contributed by atoms with Gasteiger partial charge in [-0.25, -0.2) is 0 Å². The summed E-state index contributed by atoms with van der Waals surface area (Å²) in [4.78, 5) is 26.6. The molecular weight excluding hydrogens is 444 g/mol. The van der Waals surface area contributed by atoms with E-state index in [2.05, 4.69) is 10.6 Å². The smallest absolute Gasteiger partial charge is 0.257 e. The van der Waals surface area contributed by atoms with Crippen LogP contribution in [0.15, 0.2) is 78.4 Å². The van der Waals surface area contributed by atoms with Crippen molar-refractivity contribution in [1.29, 1.82) is 0 Å². The number of rotatable bonds is 9. The summed E-state index contributed by atoms with van der Waals surface area (Å²) >= 11 is 0. The molecule has 3 aromatic rings. The second kappa shape index (κ2) is 11.7. The third-order valence-corrected chi connectivity index (χ3v) is 5.60. The fourth-order valence-corrected chi connectivity index (χ4v) is 3.60. The molecule has 0 radical (unpaired) electrons. The molecule has 0 unspecified atom stereocenters. The summed E-state index contributed by atoms with van der Waals surface area (Å²) in [6.45, 7) is 3.70. The maximum absolute atomic E-state index is 13.3. The minimum absolute atomic E-state index is 0.0923. The quantitative estimate of drug-likeness (QED) is 0.240. The van der Waals surface area contributed by atoms with Crippen LogP contribution in [-0.2, 0) is 9.59 Å². The summed E-state index contributed by atoms with van der Waals surface area (Å²) in [5.41, 5.74) is 2.18. The molecule has 35 heavy (non-hydrogen) atoms. The average Bonchev–Trinajstić information content (AvgIpc) is 2.88. The van der Waals surface area contributed by atoms with Gasteiger partial charge < -0.3 is 25.2 Å². The van der Waals surface area contributed by atoms with E-state index in [1.165, 1.54) is 32.4 Å². The molecule has 3 aromatic carbocycles. The molecule has 0 fully saturated rings. The zero-order chi connectivity index (χ0) is 25.4. The molecule has 7 heteroatoms. The van der Waals surface area contributed by atoms with Crippen LogP contribution in [0.1, 0.15) is 42.6 Å². The summed E-state index contributed by atoms with van der Waals surface area (Å²) in [6, 6.07) is 21.4. The number of hydrogen-bond donors (Lipinski definition) is 3. The Morgan fingerprint density at radius 1 is 0.771 bits per heavy atom. The number of benzene rings is 3. The van der Waals surface area contributed by atoms with Crippen LogP contribution in [0.25, 0.3) is 6.08 Å². The first-order valence-electron chi connectivity index (χ1n) is 11.2. The molecule has 0 aliphatic heterocycles. The fraction of sp³-hybridized carbons (Fsp3) is 0.214. The van der Waals surface area contributed by atoms with Gasteiger partial charge in [-0.3, -0.25) is 9.59 Å².